The van der Waals surface area contributed by atoms with E-state index in [4.69, 9.17) is 0 Å². The summed E-state index contributed by atoms with van der Waals surface area (Å²) in [6.45, 7) is 6.23. The Morgan fingerprint density at radius 1 is 1.16 bits per heavy atom. The maximum absolute atomic E-state index is 12.0. The fourth-order valence-electron chi connectivity index (χ4n) is 1.99. The monoisotopic (exact) mass is 261 g/mol. The Kier molecular flexibility index (Phi) is 6.43. The van der Waals surface area contributed by atoms with Crippen molar-refractivity contribution in [3.63, 3.8) is 0 Å². The van der Waals surface area contributed by atoms with Gasteiger partial charge >= 0.3 is 0 Å². The highest BCUT2D eigenvalue weighted by Crippen LogP contribution is 2.08. The van der Waals surface area contributed by atoms with Crippen LogP contribution in [0.2, 0.25) is 0 Å². The van der Waals surface area contributed by atoms with Crippen LogP contribution in [0, 0.1) is 5.92 Å². The predicted molar refractivity (Wildman–Crippen MR) is 77.3 cm³/mol. The van der Waals surface area contributed by atoms with E-state index in [9.17, 15) is 9.59 Å². The van der Waals surface area contributed by atoms with Gasteiger partial charge in [0.15, 0.2) is 5.78 Å². The Morgan fingerprint density at radius 2 is 1.79 bits per heavy atom. The molecule has 0 aromatic heterocycles. The minimum absolute atomic E-state index is 0.0262. The van der Waals surface area contributed by atoms with E-state index in [0.29, 0.717) is 17.9 Å². The van der Waals surface area contributed by atoms with Crippen LogP contribution in [0.5, 0.6) is 0 Å². The Labute approximate surface area is 115 Å². The maximum Gasteiger partial charge on any atom is 0.176 e. The largest absolute Gasteiger partial charge is 0.300 e. The number of carbonyl (C=O) groups is 2. The third-order valence-electron chi connectivity index (χ3n) is 3.05. The van der Waals surface area contributed by atoms with Gasteiger partial charge in [0.05, 0.1) is 12.6 Å². The van der Waals surface area contributed by atoms with Gasteiger partial charge in [0, 0.05) is 12.0 Å². The van der Waals surface area contributed by atoms with Crippen molar-refractivity contribution in [3.8, 4) is 0 Å². The number of hydrogen-bond acceptors (Lipinski definition) is 3. The van der Waals surface area contributed by atoms with E-state index in [1.165, 1.54) is 0 Å². The normalized spacial score (nSPS) is 12.4. The minimum Gasteiger partial charge on any atom is -0.300 e. The molecule has 1 aromatic rings. The van der Waals surface area contributed by atoms with Crippen molar-refractivity contribution >= 4 is 11.6 Å². The molecule has 0 unspecified atom stereocenters. The van der Waals surface area contributed by atoms with E-state index in [2.05, 4.69) is 19.2 Å². The summed E-state index contributed by atoms with van der Waals surface area (Å²) in [6.07, 6.45) is 1.28. The number of Topliss-reactive ketones (excluding diaryl/α,β-unsaturated/α-hetero) is 2. The zero-order valence-corrected chi connectivity index (χ0v) is 12.0. The molecule has 0 heterocycles. The molecule has 19 heavy (non-hydrogen) atoms. The van der Waals surface area contributed by atoms with E-state index >= 15 is 0 Å². The molecule has 1 aromatic carbocycles. The van der Waals surface area contributed by atoms with Crippen molar-refractivity contribution in [3.05, 3.63) is 35.9 Å². The molecular weight excluding hydrogens is 238 g/mol. The lowest BCUT2D eigenvalue weighted by Gasteiger charge is -2.18. The molecule has 0 fully saturated rings. The van der Waals surface area contributed by atoms with E-state index in [0.717, 1.165) is 6.42 Å². The van der Waals surface area contributed by atoms with Crippen molar-refractivity contribution in [2.75, 3.05) is 6.54 Å². The fraction of sp³-hybridized carbons (Fsp3) is 0.500. The Bertz CT molecular complexity index is 412. The molecule has 0 bridgehead atoms. The first kappa shape index (κ1) is 15.6. The van der Waals surface area contributed by atoms with Crippen LogP contribution in [0.4, 0.5) is 0 Å². The first-order valence-corrected chi connectivity index (χ1v) is 6.89. The minimum atomic E-state index is -0.210. The summed E-state index contributed by atoms with van der Waals surface area (Å²) in [5, 5.41) is 3.10. The second-order valence-corrected chi connectivity index (χ2v) is 5.17. The van der Waals surface area contributed by atoms with Crippen molar-refractivity contribution < 1.29 is 9.59 Å². The first-order valence-electron chi connectivity index (χ1n) is 6.89. The maximum atomic E-state index is 12.0. The quantitative estimate of drug-likeness (QED) is 0.732. The number of rotatable bonds is 8. The van der Waals surface area contributed by atoms with E-state index in [1.54, 1.807) is 12.1 Å². The lowest BCUT2D eigenvalue weighted by molar-refractivity contribution is -0.121. The second-order valence-electron chi connectivity index (χ2n) is 5.17. The topological polar surface area (TPSA) is 46.2 Å². The summed E-state index contributed by atoms with van der Waals surface area (Å²) in [5.41, 5.74) is 0.683. The average molecular weight is 261 g/mol. The number of ketones is 2. The van der Waals surface area contributed by atoms with Gasteiger partial charge in [-0.05, 0) is 12.3 Å². The van der Waals surface area contributed by atoms with Gasteiger partial charge in [-0.15, -0.1) is 0 Å². The highest BCUT2D eigenvalue weighted by atomic mass is 16.1. The van der Waals surface area contributed by atoms with Gasteiger partial charge in [-0.1, -0.05) is 51.1 Å². The molecule has 0 saturated heterocycles. The Morgan fingerprint density at radius 3 is 2.32 bits per heavy atom. The molecule has 104 valence electrons. The molecular formula is C16H23NO2. The van der Waals surface area contributed by atoms with Crippen LogP contribution < -0.4 is 5.32 Å². The smallest absolute Gasteiger partial charge is 0.176 e. The second kappa shape index (κ2) is 7.85. The third kappa shape index (κ3) is 5.35. The zero-order valence-electron chi connectivity index (χ0n) is 12.0. The zero-order chi connectivity index (χ0) is 14.3. The van der Waals surface area contributed by atoms with Gasteiger partial charge in [0.1, 0.15) is 5.78 Å². The van der Waals surface area contributed by atoms with E-state index in [-0.39, 0.29) is 24.2 Å². The highest BCUT2D eigenvalue weighted by Gasteiger charge is 2.18. The van der Waals surface area contributed by atoms with Crippen LogP contribution in [0.3, 0.4) is 0 Å². The Balaban J connectivity index is 2.56. The van der Waals surface area contributed by atoms with Crippen LogP contribution in [-0.2, 0) is 4.79 Å². The summed E-state index contributed by atoms with van der Waals surface area (Å²) < 4.78 is 0. The van der Waals surface area contributed by atoms with Gasteiger partial charge in [-0.3, -0.25) is 9.59 Å². The van der Waals surface area contributed by atoms with Gasteiger partial charge < -0.3 is 5.32 Å². The van der Waals surface area contributed by atoms with Crippen molar-refractivity contribution in [2.24, 2.45) is 5.92 Å². The van der Waals surface area contributed by atoms with E-state index in [1.807, 2.05) is 25.1 Å². The molecule has 1 rings (SSSR count). The van der Waals surface area contributed by atoms with Crippen LogP contribution in [0.25, 0.3) is 0 Å². The lowest BCUT2D eigenvalue weighted by Crippen LogP contribution is -2.40. The molecule has 0 saturated carbocycles. The number of benzene rings is 1. The highest BCUT2D eigenvalue weighted by molar-refractivity contribution is 5.98. The van der Waals surface area contributed by atoms with Crippen molar-refractivity contribution in [1.29, 1.82) is 0 Å². The summed E-state index contributed by atoms with van der Waals surface area (Å²) in [5.74, 6) is 0.632. The van der Waals surface area contributed by atoms with Crippen molar-refractivity contribution in [2.45, 2.75) is 39.7 Å². The molecule has 0 aliphatic rings. The van der Waals surface area contributed by atoms with Gasteiger partial charge in [0.25, 0.3) is 0 Å². The summed E-state index contributed by atoms with van der Waals surface area (Å²) in [7, 11) is 0. The summed E-state index contributed by atoms with van der Waals surface area (Å²) in [4.78, 5) is 23.8. The lowest BCUT2D eigenvalue weighted by atomic mass is 9.98. The molecule has 3 heteroatoms. The molecule has 1 atom stereocenters. The summed E-state index contributed by atoms with van der Waals surface area (Å²) in [6, 6.07) is 8.95. The van der Waals surface area contributed by atoms with Gasteiger partial charge in [-0.2, -0.15) is 0 Å². The van der Waals surface area contributed by atoms with Crippen LogP contribution in [-0.4, -0.2) is 24.2 Å². The van der Waals surface area contributed by atoms with Crippen LogP contribution >= 0.6 is 0 Å². The fourth-order valence-corrected chi connectivity index (χ4v) is 1.99. The van der Waals surface area contributed by atoms with Crippen LogP contribution in [0.15, 0.2) is 30.3 Å². The predicted octanol–water partition coefficient (Wildman–Crippen LogP) is 2.85. The third-order valence-corrected chi connectivity index (χ3v) is 3.05. The number of hydrogen-bond donors (Lipinski definition) is 1. The number of nitrogens with one attached hydrogen (secondary N) is 1. The SMILES string of the molecule is CCC(=O)[C@H](CC(C)C)NCC(=O)c1ccccc1. The Hall–Kier alpha value is -1.48. The molecule has 0 spiro atoms. The molecule has 0 amide bonds. The van der Waals surface area contributed by atoms with Crippen molar-refractivity contribution in [1.82, 2.24) is 5.32 Å². The molecule has 3 nitrogen and oxygen atoms in total. The summed E-state index contributed by atoms with van der Waals surface area (Å²) >= 11 is 0. The van der Waals surface area contributed by atoms with Crippen LogP contribution in [0.1, 0.15) is 44.0 Å². The molecule has 0 radical (unpaired) electrons. The average Bonchev–Trinajstić information content (AvgIpc) is 2.42. The number of carbonyl (C=O) groups excluding carboxylic acids is 2. The standard InChI is InChI=1S/C16H23NO2/c1-4-15(18)14(10-12(2)3)17-11-16(19)13-8-6-5-7-9-13/h5-9,12,14,17H,4,10-11H2,1-3H3/t14-/m0/s1. The first-order chi connectivity index (χ1) is 9.04. The van der Waals surface area contributed by atoms with Gasteiger partial charge in [0.2, 0.25) is 0 Å². The van der Waals surface area contributed by atoms with E-state index < -0.39 is 0 Å². The molecule has 0 aliphatic carbocycles. The molecule has 0 aliphatic heterocycles. The van der Waals surface area contributed by atoms with Gasteiger partial charge in [-0.25, -0.2) is 0 Å². The molecule has 1 N–H and O–H groups in total.